The second-order valence-electron chi connectivity index (χ2n) is 7.72. The first-order valence-corrected chi connectivity index (χ1v) is 10.4. The Morgan fingerprint density at radius 3 is 2.23 bits per heavy atom. The zero-order valence-electron chi connectivity index (χ0n) is 17.4. The van der Waals surface area contributed by atoms with Crippen molar-refractivity contribution in [1.82, 2.24) is 4.90 Å². The fraction of sp³-hybridized carbons (Fsp3) is 0.222. The maximum atomic E-state index is 11.8. The molecule has 0 spiro atoms. The average molecular weight is 398 g/mol. The van der Waals surface area contributed by atoms with Crippen LogP contribution in [0.3, 0.4) is 0 Å². The molecule has 0 amide bonds. The third-order valence-corrected chi connectivity index (χ3v) is 5.65. The molecule has 1 aliphatic rings. The number of hydrogen-bond donors (Lipinski definition) is 0. The van der Waals surface area contributed by atoms with Crippen LogP contribution >= 0.6 is 0 Å². The van der Waals surface area contributed by atoms with E-state index in [1.165, 1.54) is 34.9 Å². The largest absolute Gasteiger partial charge is 0.469 e. The zero-order chi connectivity index (χ0) is 20.8. The molecule has 152 valence electrons. The SMILES string of the molecule is COC(=O)Cc1cccc(C2=C(c3ccccc3)CCN(Cc3ccccc3)C2)c1. The van der Waals surface area contributed by atoms with Crippen LogP contribution in [0.25, 0.3) is 11.1 Å². The molecular formula is C27H27NO2. The van der Waals surface area contributed by atoms with Gasteiger partial charge in [0.25, 0.3) is 0 Å². The van der Waals surface area contributed by atoms with E-state index in [0.29, 0.717) is 6.42 Å². The van der Waals surface area contributed by atoms with Crippen LogP contribution in [-0.4, -0.2) is 31.1 Å². The standard InChI is InChI=1S/C27H27NO2/c1-30-27(29)18-22-11-8-14-24(17-22)26-20-28(19-21-9-4-2-5-10-21)16-15-25(26)23-12-6-3-7-13-23/h2-14,17H,15-16,18-20H2,1H3. The van der Waals surface area contributed by atoms with Crippen LogP contribution in [0.4, 0.5) is 0 Å². The Morgan fingerprint density at radius 1 is 0.833 bits per heavy atom. The highest BCUT2D eigenvalue weighted by Gasteiger charge is 2.21. The van der Waals surface area contributed by atoms with Gasteiger partial charge in [0, 0.05) is 19.6 Å². The first-order valence-electron chi connectivity index (χ1n) is 10.4. The van der Waals surface area contributed by atoms with E-state index in [9.17, 15) is 4.79 Å². The first-order chi connectivity index (χ1) is 14.7. The Bertz CT molecular complexity index is 1020. The number of rotatable bonds is 6. The molecule has 3 heteroatoms. The Hall–Kier alpha value is -3.17. The van der Waals surface area contributed by atoms with Crippen LogP contribution in [0, 0.1) is 0 Å². The summed E-state index contributed by atoms with van der Waals surface area (Å²) in [5.74, 6) is -0.209. The van der Waals surface area contributed by atoms with Gasteiger partial charge in [-0.25, -0.2) is 0 Å². The van der Waals surface area contributed by atoms with E-state index in [2.05, 4.69) is 77.7 Å². The Labute approximate surface area is 178 Å². The molecule has 0 bridgehead atoms. The number of hydrogen-bond acceptors (Lipinski definition) is 3. The molecular weight excluding hydrogens is 370 g/mol. The minimum atomic E-state index is -0.209. The van der Waals surface area contributed by atoms with Crippen LogP contribution in [0.1, 0.15) is 28.7 Å². The van der Waals surface area contributed by atoms with Crippen LogP contribution < -0.4 is 0 Å². The summed E-state index contributed by atoms with van der Waals surface area (Å²) >= 11 is 0. The Balaban J connectivity index is 1.68. The normalized spacial score (nSPS) is 14.6. The number of benzene rings is 3. The minimum Gasteiger partial charge on any atom is -0.469 e. The molecule has 3 aromatic carbocycles. The fourth-order valence-electron chi connectivity index (χ4n) is 4.13. The molecule has 4 rings (SSSR count). The van der Waals surface area contributed by atoms with Crippen molar-refractivity contribution in [3.8, 4) is 0 Å². The molecule has 0 aromatic heterocycles. The third-order valence-electron chi connectivity index (χ3n) is 5.65. The van der Waals surface area contributed by atoms with Crippen molar-refractivity contribution in [2.24, 2.45) is 0 Å². The molecule has 1 aliphatic heterocycles. The van der Waals surface area contributed by atoms with E-state index in [0.717, 1.165) is 31.6 Å². The third kappa shape index (κ3) is 4.87. The lowest BCUT2D eigenvalue weighted by molar-refractivity contribution is -0.139. The highest BCUT2D eigenvalue weighted by Crippen LogP contribution is 2.34. The van der Waals surface area contributed by atoms with Gasteiger partial charge in [0.1, 0.15) is 0 Å². The first kappa shape index (κ1) is 20.1. The van der Waals surface area contributed by atoms with Crippen molar-refractivity contribution in [2.75, 3.05) is 20.2 Å². The highest BCUT2D eigenvalue weighted by molar-refractivity contribution is 5.92. The summed E-state index contributed by atoms with van der Waals surface area (Å²) in [7, 11) is 1.44. The van der Waals surface area contributed by atoms with Gasteiger partial charge in [-0.05, 0) is 39.8 Å². The topological polar surface area (TPSA) is 29.5 Å². The summed E-state index contributed by atoms with van der Waals surface area (Å²) in [6.07, 6.45) is 1.30. The molecule has 0 radical (unpaired) electrons. The smallest absolute Gasteiger partial charge is 0.309 e. The van der Waals surface area contributed by atoms with E-state index in [1.54, 1.807) is 0 Å². The van der Waals surface area contributed by atoms with Crippen molar-refractivity contribution in [1.29, 1.82) is 0 Å². The molecule has 1 heterocycles. The summed E-state index contributed by atoms with van der Waals surface area (Å²) in [5.41, 5.74) is 7.53. The number of nitrogens with zero attached hydrogens (tertiary/aromatic N) is 1. The molecule has 0 aliphatic carbocycles. The number of carbonyl (C=O) groups excluding carboxylic acids is 1. The van der Waals surface area contributed by atoms with Gasteiger partial charge in [0.05, 0.1) is 13.5 Å². The molecule has 0 N–H and O–H groups in total. The minimum absolute atomic E-state index is 0.209. The lowest BCUT2D eigenvalue weighted by atomic mass is 9.88. The van der Waals surface area contributed by atoms with Crippen LogP contribution in [-0.2, 0) is 22.5 Å². The lowest BCUT2D eigenvalue weighted by Crippen LogP contribution is -2.30. The van der Waals surface area contributed by atoms with Gasteiger partial charge in [-0.3, -0.25) is 9.69 Å². The van der Waals surface area contributed by atoms with Crippen molar-refractivity contribution < 1.29 is 9.53 Å². The van der Waals surface area contributed by atoms with E-state index in [1.807, 2.05) is 12.1 Å². The van der Waals surface area contributed by atoms with Crippen LogP contribution in [0.15, 0.2) is 84.9 Å². The van der Waals surface area contributed by atoms with Crippen molar-refractivity contribution >= 4 is 17.1 Å². The maximum absolute atomic E-state index is 11.8. The number of methoxy groups -OCH3 is 1. The predicted octanol–water partition coefficient (Wildman–Crippen LogP) is 5.22. The van der Waals surface area contributed by atoms with Gasteiger partial charge < -0.3 is 4.74 Å². The van der Waals surface area contributed by atoms with E-state index >= 15 is 0 Å². The van der Waals surface area contributed by atoms with Crippen LogP contribution in [0.2, 0.25) is 0 Å². The molecule has 3 aromatic rings. The van der Waals surface area contributed by atoms with E-state index in [4.69, 9.17) is 4.74 Å². The summed E-state index contributed by atoms with van der Waals surface area (Å²) in [4.78, 5) is 14.3. The summed E-state index contributed by atoms with van der Waals surface area (Å²) in [6.45, 7) is 2.86. The molecule has 0 atom stereocenters. The average Bonchev–Trinajstić information content (AvgIpc) is 2.80. The van der Waals surface area contributed by atoms with Gasteiger partial charge in [-0.15, -0.1) is 0 Å². The van der Waals surface area contributed by atoms with E-state index in [-0.39, 0.29) is 5.97 Å². The summed E-state index contributed by atoms with van der Waals surface area (Å²) in [5, 5.41) is 0. The quantitative estimate of drug-likeness (QED) is 0.534. The van der Waals surface area contributed by atoms with Crippen molar-refractivity contribution in [2.45, 2.75) is 19.4 Å². The van der Waals surface area contributed by atoms with Gasteiger partial charge in [-0.1, -0.05) is 84.9 Å². The number of esters is 1. The van der Waals surface area contributed by atoms with Crippen molar-refractivity contribution in [3.05, 3.63) is 107 Å². The molecule has 0 unspecified atom stereocenters. The molecule has 0 fully saturated rings. The molecule has 0 saturated carbocycles. The Morgan fingerprint density at radius 2 is 1.50 bits per heavy atom. The number of carbonyl (C=O) groups is 1. The monoisotopic (exact) mass is 397 g/mol. The Kier molecular flexibility index (Phi) is 6.41. The summed E-state index contributed by atoms with van der Waals surface area (Å²) < 4.78 is 4.85. The van der Waals surface area contributed by atoms with Gasteiger partial charge in [-0.2, -0.15) is 0 Å². The predicted molar refractivity (Wildman–Crippen MR) is 122 cm³/mol. The molecule has 3 nitrogen and oxygen atoms in total. The molecule has 30 heavy (non-hydrogen) atoms. The fourth-order valence-corrected chi connectivity index (χ4v) is 4.13. The van der Waals surface area contributed by atoms with Gasteiger partial charge >= 0.3 is 5.97 Å². The van der Waals surface area contributed by atoms with E-state index < -0.39 is 0 Å². The maximum Gasteiger partial charge on any atom is 0.309 e. The van der Waals surface area contributed by atoms with Gasteiger partial charge in [0.2, 0.25) is 0 Å². The molecule has 0 saturated heterocycles. The van der Waals surface area contributed by atoms with Crippen molar-refractivity contribution in [3.63, 3.8) is 0 Å². The zero-order valence-corrected chi connectivity index (χ0v) is 17.4. The second-order valence-corrected chi connectivity index (χ2v) is 7.72. The van der Waals surface area contributed by atoms with Crippen LogP contribution in [0.5, 0.6) is 0 Å². The second kappa shape index (κ2) is 9.55. The summed E-state index contributed by atoms with van der Waals surface area (Å²) in [6, 6.07) is 29.6. The number of ether oxygens (including phenoxy) is 1. The highest BCUT2D eigenvalue weighted by atomic mass is 16.5. The van der Waals surface area contributed by atoms with Gasteiger partial charge in [0.15, 0.2) is 0 Å². The lowest BCUT2D eigenvalue weighted by Gasteiger charge is -2.31.